The van der Waals surface area contributed by atoms with E-state index >= 15 is 0 Å². The minimum Gasteiger partial charge on any atom is -0.397 e. The first-order valence-electron chi connectivity index (χ1n) is 6.63. The van der Waals surface area contributed by atoms with Gasteiger partial charge in [0.05, 0.1) is 22.6 Å². The highest BCUT2D eigenvalue weighted by Gasteiger charge is 2.05. The maximum atomic E-state index is 6.06. The Morgan fingerprint density at radius 3 is 2.60 bits per heavy atom. The predicted octanol–water partition coefficient (Wildman–Crippen LogP) is 4.18. The lowest BCUT2D eigenvalue weighted by molar-refractivity contribution is 1.25. The first-order chi connectivity index (χ1) is 9.63. The Labute approximate surface area is 118 Å². The number of rotatable bonds is 2. The zero-order valence-electron chi connectivity index (χ0n) is 11.6. The molecule has 3 N–H and O–H groups in total. The van der Waals surface area contributed by atoms with Crippen molar-refractivity contribution in [2.75, 3.05) is 11.1 Å². The van der Waals surface area contributed by atoms with Gasteiger partial charge in [0, 0.05) is 11.1 Å². The Morgan fingerprint density at radius 1 is 0.950 bits per heavy atom. The third-order valence-corrected chi connectivity index (χ3v) is 3.34. The van der Waals surface area contributed by atoms with Crippen LogP contribution < -0.4 is 11.1 Å². The predicted molar refractivity (Wildman–Crippen MR) is 85.4 cm³/mol. The molecular formula is C17H17N3. The van der Waals surface area contributed by atoms with Crippen LogP contribution in [0.3, 0.4) is 0 Å². The van der Waals surface area contributed by atoms with Crippen LogP contribution in [0.25, 0.3) is 10.9 Å². The Hall–Kier alpha value is -2.55. The second-order valence-electron chi connectivity index (χ2n) is 5.05. The molecule has 3 heteroatoms. The molecule has 0 aliphatic heterocycles. The first kappa shape index (κ1) is 12.5. The smallest absolute Gasteiger partial charge is 0.0939 e. The minimum absolute atomic E-state index is 0.745. The SMILES string of the molecule is Cc1ccc(Nc2cccc3ccc(C)nc23)c(N)c1. The molecule has 0 amide bonds. The molecule has 1 aromatic heterocycles. The molecule has 0 aliphatic carbocycles. The molecule has 0 saturated heterocycles. The highest BCUT2D eigenvalue weighted by atomic mass is 14.9. The third kappa shape index (κ3) is 2.30. The van der Waals surface area contributed by atoms with E-state index in [0.29, 0.717) is 0 Å². The van der Waals surface area contributed by atoms with E-state index in [9.17, 15) is 0 Å². The van der Waals surface area contributed by atoms with Crippen LogP contribution in [-0.4, -0.2) is 4.98 Å². The molecule has 0 aliphatic rings. The van der Waals surface area contributed by atoms with Crippen molar-refractivity contribution in [3.63, 3.8) is 0 Å². The maximum absolute atomic E-state index is 6.06. The third-order valence-electron chi connectivity index (χ3n) is 3.34. The summed E-state index contributed by atoms with van der Waals surface area (Å²) in [6.45, 7) is 4.03. The van der Waals surface area contributed by atoms with Gasteiger partial charge in [-0.25, -0.2) is 0 Å². The Kier molecular flexibility index (Phi) is 3.03. The molecule has 2 aromatic carbocycles. The summed E-state index contributed by atoms with van der Waals surface area (Å²) in [5.74, 6) is 0. The van der Waals surface area contributed by atoms with Gasteiger partial charge >= 0.3 is 0 Å². The number of fused-ring (bicyclic) bond motifs is 1. The Morgan fingerprint density at radius 2 is 1.80 bits per heavy atom. The van der Waals surface area contributed by atoms with E-state index in [2.05, 4.69) is 22.4 Å². The standard InChI is InChI=1S/C17H17N3/c1-11-6-9-15(14(18)10-11)20-16-5-3-4-13-8-7-12(2)19-17(13)16/h3-10,20H,18H2,1-2H3. The number of para-hydroxylation sites is 1. The summed E-state index contributed by atoms with van der Waals surface area (Å²) >= 11 is 0. The van der Waals surface area contributed by atoms with Gasteiger partial charge in [-0.05, 0) is 43.7 Å². The van der Waals surface area contributed by atoms with Gasteiger partial charge in [0.2, 0.25) is 0 Å². The fourth-order valence-corrected chi connectivity index (χ4v) is 2.29. The average Bonchev–Trinajstić information content (AvgIpc) is 2.42. The quantitative estimate of drug-likeness (QED) is 0.682. The molecule has 20 heavy (non-hydrogen) atoms. The molecule has 3 rings (SSSR count). The number of hydrogen-bond donors (Lipinski definition) is 2. The Bertz CT molecular complexity index is 778. The normalized spacial score (nSPS) is 10.7. The number of aryl methyl sites for hydroxylation is 2. The lowest BCUT2D eigenvalue weighted by Crippen LogP contribution is -1.98. The number of hydrogen-bond acceptors (Lipinski definition) is 3. The number of nitrogens with two attached hydrogens (primary N) is 1. The van der Waals surface area contributed by atoms with Gasteiger partial charge in [0.25, 0.3) is 0 Å². The van der Waals surface area contributed by atoms with Gasteiger partial charge in [0.1, 0.15) is 0 Å². The van der Waals surface area contributed by atoms with Crippen molar-refractivity contribution < 1.29 is 0 Å². The van der Waals surface area contributed by atoms with Crippen molar-refractivity contribution in [1.82, 2.24) is 4.98 Å². The summed E-state index contributed by atoms with van der Waals surface area (Å²) in [5.41, 5.74) is 11.8. The molecular weight excluding hydrogens is 246 g/mol. The van der Waals surface area contributed by atoms with Crippen molar-refractivity contribution in [3.05, 3.63) is 59.8 Å². The van der Waals surface area contributed by atoms with Gasteiger partial charge in [0.15, 0.2) is 0 Å². The van der Waals surface area contributed by atoms with Gasteiger partial charge in [-0.3, -0.25) is 4.98 Å². The van der Waals surface area contributed by atoms with Crippen LogP contribution in [-0.2, 0) is 0 Å². The molecule has 0 saturated carbocycles. The first-order valence-corrected chi connectivity index (χ1v) is 6.63. The number of nitrogens with one attached hydrogen (secondary N) is 1. The molecule has 0 bridgehead atoms. The van der Waals surface area contributed by atoms with Crippen LogP contribution in [0.1, 0.15) is 11.3 Å². The monoisotopic (exact) mass is 263 g/mol. The fourth-order valence-electron chi connectivity index (χ4n) is 2.29. The van der Waals surface area contributed by atoms with Crippen LogP contribution >= 0.6 is 0 Å². The molecule has 0 radical (unpaired) electrons. The molecule has 1 heterocycles. The van der Waals surface area contributed by atoms with Crippen LogP contribution in [0.5, 0.6) is 0 Å². The molecule has 0 fully saturated rings. The number of nitrogens with zero attached hydrogens (tertiary/aromatic N) is 1. The van der Waals surface area contributed by atoms with E-state index in [1.165, 1.54) is 0 Å². The number of aromatic nitrogens is 1. The van der Waals surface area contributed by atoms with Crippen molar-refractivity contribution in [2.45, 2.75) is 13.8 Å². The maximum Gasteiger partial charge on any atom is 0.0939 e. The topological polar surface area (TPSA) is 50.9 Å². The van der Waals surface area contributed by atoms with E-state index in [-0.39, 0.29) is 0 Å². The largest absolute Gasteiger partial charge is 0.397 e. The number of pyridine rings is 1. The summed E-state index contributed by atoms with van der Waals surface area (Å²) in [6.07, 6.45) is 0. The number of benzene rings is 2. The zero-order chi connectivity index (χ0) is 14.1. The van der Waals surface area contributed by atoms with Crippen LogP contribution in [0.2, 0.25) is 0 Å². The van der Waals surface area contributed by atoms with E-state index in [1.807, 2.05) is 50.2 Å². The van der Waals surface area contributed by atoms with Crippen molar-refractivity contribution in [2.24, 2.45) is 0 Å². The van der Waals surface area contributed by atoms with E-state index in [0.717, 1.165) is 39.2 Å². The van der Waals surface area contributed by atoms with Crippen molar-refractivity contribution in [1.29, 1.82) is 0 Å². The number of anilines is 3. The van der Waals surface area contributed by atoms with E-state index in [4.69, 9.17) is 5.73 Å². The fraction of sp³-hybridized carbons (Fsp3) is 0.118. The lowest BCUT2D eigenvalue weighted by Gasteiger charge is -2.12. The van der Waals surface area contributed by atoms with Crippen LogP contribution in [0.15, 0.2) is 48.5 Å². The van der Waals surface area contributed by atoms with Gasteiger partial charge in [-0.1, -0.05) is 24.3 Å². The molecule has 0 atom stereocenters. The highest BCUT2D eigenvalue weighted by Crippen LogP contribution is 2.28. The molecule has 0 unspecified atom stereocenters. The van der Waals surface area contributed by atoms with Crippen LogP contribution in [0, 0.1) is 13.8 Å². The second kappa shape index (κ2) is 4.85. The minimum atomic E-state index is 0.745. The van der Waals surface area contributed by atoms with Crippen molar-refractivity contribution >= 4 is 28.0 Å². The summed E-state index contributed by atoms with van der Waals surface area (Å²) in [4.78, 5) is 4.62. The summed E-state index contributed by atoms with van der Waals surface area (Å²) in [7, 11) is 0. The average molecular weight is 263 g/mol. The van der Waals surface area contributed by atoms with Gasteiger partial charge in [-0.15, -0.1) is 0 Å². The zero-order valence-corrected chi connectivity index (χ0v) is 11.6. The van der Waals surface area contributed by atoms with Crippen LogP contribution in [0.4, 0.5) is 17.1 Å². The number of nitrogen functional groups attached to an aromatic ring is 1. The van der Waals surface area contributed by atoms with Gasteiger partial charge in [-0.2, -0.15) is 0 Å². The summed E-state index contributed by atoms with van der Waals surface area (Å²) in [5, 5.41) is 4.50. The van der Waals surface area contributed by atoms with Crippen molar-refractivity contribution in [3.8, 4) is 0 Å². The highest BCUT2D eigenvalue weighted by molar-refractivity contribution is 5.93. The summed E-state index contributed by atoms with van der Waals surface area (Å²) in [6, 6.07) is 16.2. The van der Waals surface area contributed by atoms with Gasteiger partial charge < -0.3 is 11.1 Å². The summed E-state index contributed by atoms with van der Waals surface area (Å²) < 4.78 is 0. The molecule has 0 spiro atoms. The van der Waals surface area contributed by atoms with E-state index < -0.39 is 0 Å². The second-order valence-corrected chi connectivity index (χ2v) is 5.05. The molecule has 3 nitrogen and oxygen atoms in total. The van der Waals surface area contributed by atoms with E-state index in [1.54, 1.807) is 0 Å². The Balaban J connectivity index is 2.08. The lowest BCUT2D eigenvalue weighted by atomic mass is 10.1. The molecule has 3 aromatic rings. The molecule has 100 valence electrons.